The van der Waals surface area contributed by atoms with E-state index in [1.54, 1.807) is 16.6 Å². The summed E-state index contributed by atoms with van der Waals surface area (Å²) in [4.78, 5) is 31.5. The fourth-order valence-electron chi connectivity index (χ4n) is 2.29. The first kappa shape index (κ1) is 14.0. The minimum Gasteiger partial charge on any atom is -0.342 e. The number of nitrogens with one attached hydrogen (secondary N) is 1. The molecule has 2 atom stereocenters. The fourth-order valence-corrected chi connectivity index (χ4v) is 2.87. The van der Waals surface area contributed by atoms with Gasteiger partial charge in [-0.25, -0.2) is 0 Å². The summed E-state index contributed by atoms with van der Waals surface area (Å²) in [5.74, 6) is -0.0641. The molecule has 1 saturated heterocycles. The summed E-state index contributed by atoms with van der Waals surface area (Å²) in [6, 6.07) is -0.403. The molecule has 0 saturated carbocycles. The Balaban J connectivity index is 2.32. The molecule has 0 aromatic carbocycles. The van der Waals surface area contributed by atoms with Gasteiger partial charge in [-0.3, -0.25) is 14.6 Å². The van der Waals surface area contributed by atoms with Gasteiger partial charge in [0.25, 0.3) is 0 Å². The quantitative estimate of drug-likeness (QED) is 0.911. The maximum atomic E-state index is 12.5. The molecule has 2 unspecified atom stereocenters. The van der Waals surface area contributed by atoms with Gasteiger partial charge >= 0.3 is 0 Å². The lowest BCUT2D eigenvalue weighted by Gasteiger charge is -2.45. The topological polar surface area (TPSA) is 62.3 Å². The molecule has 104 valence electrons. The average molecular weight is 281 g/mol. The maximum Gasteiger partial charge on any atom is 0.246 e. The number of nitrogens with zero attached hydrogens (tertiary/aromatic N) is 2. The van der Waals surface area contributed by atoms with Crippen LogP contribution < -0.4 is 5.32 Å². The van der Waals surface area contributed by atoms with Gasteiger partial charge < -0.3 is 10.2 Å². The number of hydrogen-bond donors (Lipinski definition) is 1. The van der Waals surface area contributed by atoms with Crippen LogP contribution in [0.2, 0.25) is 0 Å². The molecular formula is C13H19N3O2S. The van der Waals surface area contributed by atoms with Crippen molar-refractivity contribution in [2.75, 3.05) is 0 Å². The van der Waals surface area contributed by atoms with E-state index in [0.717, 1.165) is 4.88 Å². The van der Waals surface area contributed by atoms with Gasteiger partial charge in [-0.2, -0.15) is 0 Å². The molecule has 1 aromatic rings. The SMILES string of the molecule is CCC1NC(=O)C(C)(CC)N(Cc2cncs2)C1=O. The predicted molar refractivity (Wildman–Crippen MR) is 73.6 cm³/mol. The number of amides is 2. The minimum absolute atomic E-state index is 0.000139. The summed E-state index contributed by atoms with van der Waals surface area (Å²) in [7, 11) is 0. The Kier molecular flexibility index (Phi) is 3.89. The highest BCUT2D eigenvalue weighted by atomic mass is 32.1. The number of aromatic nitrogens is 1. The van der Waals surface area contributed by atoms with Crippen LogP contribution >= 0.6 is 11.3 Å². The first-order valence-corrected chi connectivity index (χ1v) is 7.40. The lowest BCUT2D eigenvalue weighted by molar-refractivity contribution is -0.157. The van der Waals surface area contributed by atoms with Crippen molar-refractivity contribution in [2.45, 2.75) is 51.7 Å². The third-order valence-corrected chi connectivity index (χ3v) is 4.61. The van der Waals surface area contributed by atoms with Gasteiger partial charge in [0.05, 0.1) is 12.1 Å². The summed E-state index contributed by atoms with van der Waals surface area (Å²) in [5.41, 5.74) is 0.969. The molecule has 0 bridgehead atoms. The van der Waals surface area contributed by atoms with Crippen molar-refractivity contribution < 1.29 is 9.59 Å². The van der Waals surface area contributed by atoms with Crippen molar-refractivity contribution in [3.8, 4) is 0 Å². The van der Waals surface area contributed by atoms with Crippen LogP contribution in [0.1, 0.15) is 38.5 Å². The average Bonchev–Trinajstić information content (AvgIpc) is 2.92. The van der Waals surface area contributed by atoms with E-state index in [0.29, 0.717) is 19.4 Å². The molecule has 1 aliphatic rings. The Morgan fingerprint density at radius 2 is 2.21 bits per heavy atom. The van der Waals surface area contributed by atoms with E-state index in [9.17, 15) is 9.59 Å². The highest BCUT2D eigenvalue weighted by molar-refractivity contribution is 7.09. The van der Waals surface area contributed by atoms with Crippen molar-refractivity contribution >= 4 is 23.2 Å². The molecule has 2 rings (SSSR count). The number of carbonyl (C=O) groups is 2. The second-order valence-corrected chi connectivity index (χ2v) is 5.92. The second-order valence-electron chi connectivity index (χ2n) is 4.95. The van der Waals surface area contributed by atoms with E-state index < -0.39 is 11.6 Å². The monoisotopic (exact) mass is 281 g/mol. The standard InChI is InChI=1S/C13H19N3O2S/c1-4-10-11(17)16(7-9-6-14-8-19-9)13(3,5-2)12(18)15-10/h6,8,10H,4-5,7H2,1-3H3,(H,15,18). The molecule has 0 aliphatic carbocycles. The Labute approximate surface area is 117 Å². The largest absolute Gasteiger partial charge is 0.342 e. The smallest absolute Gasteiger partial charge is 0.246 e. The lowest BCUT2D eigenvalue weighted by atomic mass is 9.90. The number of hydrogen-bond acceptors (Lipinski definition) is 4. The van der Waals surface area contributed by atoms with Crippen LogP contribution in [0, 0.1) is 0 Å². The van der Waals surface area contributed by atoms with Crippen molar-refractivity contribution in [3.05, 3.63) is 16.6 Å². The van der Waals surface area contributed by atoms with Gasteiger partial charge in [-0.15, -0.1) is 11.3 Å². The van der Waals surface area contributed by atoms with Crippen LogP contribution in [0.4, 0.5) is 0 Å². The van der Waals surface area contributed by atoms with Gasteiger partial charge in [0.1, 0.15) is 11.6 Å². The van der Waals surface area contributed by atoms with Crippen LogP contribution in [0.25, 0.3) is 0 Å². The molecule has 1 aliphatic heterocycles. The van der Waals surface area contributed by atoms with Gasteiger partial charge in [-0.05, 0) is 19.8 Å². The summed E-state index contributed by atoms with van der Waals surface area (Å²) >= 11 is 1.50. The van der Waals surface area contributed by atoms with Gasteiger partial charge in [0.2, 0.25) is 11.8 Å². The van der Waals surface area contributed by atoms with Gasteiger partial charge in [-0.1, -0.05) is 13.8 Å². The van der Waals surface area contributed by atoms with Crippen LogP contribution in [0.5, 0.6) is 0 Å². The Morgan fingerprint density at radius 3 is 2.74 bits per heavy atom. The zero-order valence-electron chi connectivity index (χ0n) is 11.5. The van der Waals surface area contributed by atoms with Crippen LogP contribution in [-0.2, 0) is 16.1 Å². The zero-order valence-corrected chi connectivity index (χ0v) is 12.3. The highest BCUT2D eigenvalue weighted by Crippen LogP contribution is 2.28. The normalized spacial score (nSPS) is 27.5. The molecule has 1 fully saturated rings. The summed E-state index contributed by atoms with van der Waals surface area (Å²) in [5, 5.41) is 2.82. The van der Waals surface area contributed by atoms with E-state index >= 15 is 0 Å². The van der Waals surface area contributed by atoms with E-state index in [1.807, 2.05) is 20.8 Å². The summed E-state index contributed by atoms with van der Waals surface area (Å²) < 4.78 is 0. The minimum atomic E-state index is -0.771. The van der Waals surface area contributed by atoms with Crippen LogP contribution in [0.3, 0.4) is 0 Å². The number of piperazine rings is 1. The third kappa shape index (κ3) is 2.36. The summed E-state index contributed by atoms with van der Waals surface area (Å²) in [6.45, 7) is 6.12. The molecule has 1 N–H and O–H groups in total. The van der Waals surface area contributed by atoms with Crippen LogP contribution in [0.15, 0.2) is 11.7 Å². The first-order chi connectivity index (χ1) is 9.02. The number of rotatable bonds is 4. The Bertz CT molecular complexity index is 474. The van der Waals surface area contributed by atoms with E-state index in [4.69, 9.17) is 0 Å². The summed E-state index contributed by atoms with van der Waals surface area (Å²) in [6.07, 6.45) is 2.96. The maximum absolute atomic E-state index is 12.5. The van der Waals surface area contributed by atoms with Gasteiger partial charge in [0, 0.05) is 11.1 Å². The molecule has 2 heterocycles. The Hall–Kier alpha value is -1.43. The predicted octanol–water partition coefficient (Wildman–Crippen LogP) is 1.55. The first-order valence-electron chi connectivity index (χ1n) is 6.52. The van der Waals surface area contributed by atoms with Crippen molar-refractivity contribution in [1.29, 1.82) is 0 Å². The molecule has 1 aromatic heterocycles. The Morgan fingerprint density at radius 1 is 1.47 bits per heavy atom. The second kappa shape index (κ2) is 5.28. The zero-order chi connectivity index (χ0) is 14.0. The van der Waals surface area contributed by atoms with Gasteiger partial charge in [0.15, 0.2) is 0 Å². The fraction of sp³-hybridized carbons (Fsp3) is 0.615. The van der Waals surface area contributed by atoms with E-state index in [-0.39, 0.29) is 11.8 Å². The molecule has 19 heavy (non-hydrogen) atoms. The highest BCUT2D eigenvalue weighted by Gasteiger charge is 2.47. The lowest BCUT2D eigenvalue weighted by Crippen LogP contribution is -2.68. The molecule has 5 nitrogen and oxygen atoms in total. The van der Waals surface area contributed by atoms with E-state index in [2.05, 4.69) is 10.3 Å². The molecular weight excluding hydrogens is 262 g/mol. The van der Waals surface area contributed by atoms with Crippen molar-refractivity contribution in [2.24, 2.45) is 0 Å². The van der Waals surface area contributed by atoms with Crippen LogP contribution in [-0.4, -0.2) is 33.3 Å². The number of thiazole rings is 1. The molecule has 0 spiro atoms. The van der Waals surface area contributed by atoms with E-state index in [1.165, 1.54) is 11.3 Å². The number of carbonyl (C=O) groups excluding carboxylic acids is 2. The third-order valence-electron chi connectivity index (χ3n) is 3.85. The molecule has 0 radical (unpaired) electrons. The van der Waals surface area contributed by atoms with Crippen molar-refractivity contribution in [1.82, 2.24) is 15.2 Å². The molecule has 6 heteroatoms. The van der Waals surface area contributed by atoms with Crippen molar-refractivity contribution in [3.63, 3.8) is 0 Å². The molecule has 2 amide bonds.